The average Bonchev–Trinajstić information content (AvgIpc) is 4.06. The first-order valence-corrected chi connectivity index (χ1v) is 21.4. The normalized spacial score (nSPS) is 19.9. The first kappa shape index (κ1) is 44.6. The number of terminal acetylenes is 1. The zero-order chi connectivity index (χ0) is 44.9. The monoisotopic (exact) mass is 860 g/mol. The van der Waals surface area contributed by atoms with Crippen molar-refractivity contribution in [3.05, 3.63) is 83.7 Å². The van der Waals surface area contributed by atoms with Crippen LogP contribution in [0.15, 0.2) is 66.9 Å². The molecular weight excluding hydrogens is 805 g/mol. The lowest BCUT2D eigenvalue weighted by Gasteiger charge is -2.40. The smallest absolute Gasteiger partial charge is 0.274 e. The van der Waals surface area contributed by atoms with Crippen LogP contribution in [0.3, 0.4) is 0 Å². The van der Waals surface area contributed by atoms with E-state index in [-0.39, 0.29) is 37.0 Å². The van der Waals surface area contributed by atoms with Gasteiger partial charge < -0.3 is 45.1 Å². The molecule has 4 aromatic rings. The summed E-state index contributed by atoms with van der Waals surface area (Å²) in [6.07, 6.45) is 8.14. The summed E-state index contributed by atoms with van der Waals surface area (Å²) in [5, 5.41) is 26.3. The molecule has 5 N–H and O–H groups in total. The molecule has 4 amide bonds. The highest BCUT2D eigenvalue weighted by Crippen LogP contribution is 2.41. The second kappa shape index (κ2) is 18.9. The van der Waals surface area contributed by atoms with Crippen molar-refractivity contribution in [2.45, 2.75) is 96.2 Å². The number of rotatable bonds is 13. The highest BCUT2D eigenvalue weighted by Gasteiger charge is 2.48. The van der Waals surface area contributed by atoms with Gasteiger partial charge in [0, 0.05) is 61.7 Å². The van der Waals surface area contributed by atoms with Crippen molar-refractivity contribution in [3.8, 4) is 35.2 Å². The Hall–Kier alpha value is -6.44. The minimum absolute atomic E-state index is 0.0393. The zero-order valence-corrected chi connectivity index (χ0v) is 36.4. The predicted molar refractivity (Wildman–Crippen MR) is 236 cm³/mol. The number of carbonyl (C=O) groups is 4. The third-order valence-corrected chi connectivity index (χ3v) is 12.0. The predicted octanol–water partition coefficient (Wildman–Crippen LogP) is 4.44. The van der Waals surface area contributed by atoms with E-state index in [1.807, 2.05) is 45.9 Å². The van der Waals surface area contributed by atoms with Gasteiger partial charge in [-0.2, -0.15) is 5.10 Å². The minimum atomic E-state index is -0.986. The van der Waals surface area contributed by atoms with Crippen molar-refractivity contribution in [1.82, 2.24) is 30.7 Å². The molecule has 332 valence electrons. The number of aliphatic hydroxyl groups excluding tert-OH is 1. The first-order valence-electron chi connectivity index (χ1n) is 21.4. The van der Waals surface area contributed by atoms with Gasteiger partial charge in [0.1, 0.15) is 35.4 Å². The van der Waals surface area contributed by atoms with Gasteiger partial charge in [0.2, 0.25) is 17.7 Å². The first-order chi connectivity index (χ1) is 30.2. The summed E-state index contributed by atoms with van der Waals surface area (Å²) in [4.78, 5) is 63.1. The molecule has 16 nitrogen and oxygen atoms in total. The lowest BCUT2D eigenvalue weighted by molar-refractivity contribution is -0.148. The van der Waals surface area contributed by atoms with E-state index in [4.69, 9.17) is 20.6 Å². The number of anilines is 2. The molecule has 0 radical (unpaired) electrons. The standard InChI is InChI=1S/C47H56N8O8/c1-7-29-12-13-30(39(24-29)62-8-2)27-48-43(58)37-26-32(56)28-55(37)45(60)41(46(3,4)5)52-44(59)38-16-18-47(63-38)19-22-54(23-20-47)31-14-15-35(40(25-31)61-6)51-42(57)36-11-9-10-33(50-36)34-17-21-49-53-34/h1,9-15,17,21,24-25,32,37-38,41,56H,8,16,18-20,22-23,26-28H2,2-6H3,(H,48,58)(H,49,53)(H,51,57)(H,52,59)/t32-,37+,38+,41-/m1/s1. The van der Waals surface area contributed by atoms with Crippen LogP contribution in [0.5, 0.6) is 11.5 Å². The highest BCUT2D eigenvalue weighted by molar-refractivity contribution is 6.04. The van der Waals surface area contributed by atoms with Gasteiger partial charge in [0.15, 0.2) is 0 Å². The summed E-state index contributed by atoms with van der Waals surface area (Å²) >= 11 is 0. The molecule has 3 fully saturated rings. The Kier molecular flexibility index (Phi) is 13.4. The summed E-state index contributed by atoms with van der Waals surface area (Å²) < 4.78 is 18.0. The maximum Gasteiger partial charge on any atom is 0.274 e. The van der Waals surface area contributed by atoms with E-state index in [1.165, 1.54) is 4.90 Å². The number of methoxy groups -OCH3 is 1. The number of amides is 4. The Bertz CT molecular complexity index is 2350. The molecule has 3 saturated heterocycles. The number of β-amino-alcohol motifs (C(OH)–C–C–N with tert-alkyl or cyclic N) is 1. The van der Waals surface area contributed by atoms with Crippen molar-refractivity contribution in [2.75, 3.05) is 43.6 Å². The Morgan fingerprint density at radius 2 is 1.84 bits per heavy atom. The summed E-state index contributed by atoms with van der Waals surface area (Å²) in [5.41, 5.74) is 3.12. The lowest BCUT2D eigenvalue weighted by atomic mass is 9.85. The number of aromatic amines is 1. The zero-order valence-electron chi connectivity index (χ0n) is 36.4. The number of nitrogens with one attached hydrogen (secondary N) is 4. The number of H-pyrrole nitrogens is 1. The molecular formula is C47H56N8O8. The Labute approximate surface area is 367 Å². The molecule has 0 aliphatic carbocycles. The average molecular weight is 861 g/mol. The van der Waals surface area contributed by atoms with Crippen molar-refractivity contribution in [3.63, 3.8) is 0 Å². The van der Waals surface area contributed by atoms with Crippen molar-refractivity contribution < 1.29 is 38.5 Å². The molecule has 0 unspecified atom stereocenters. The number of ether oxygens (including phenoxy) is 3. The van der Waals surface area contributed by atoms with Crippen LogP contribution in [0.1, 0.15) is 81.4 Å². The van der Waals surface area contributed by atoms with Crippen LogP contribution in [0.4, 0.5) is 11.4 Å². The van der Waals surface area contributed by atoms with Gasteiger partial charge in [-0.1, -0.05) is 38.8 Å². The van der Waals surface area contributed by atoms with E-state index in [2.05, 4.69) is 42.0 Å². The largest absolute Gasteiger partial charge is 0.494 e. The van der Waals surface area contributed by atoms with Gasteiger partial charge in [-0.05, 0) is 80.5 Å². The summed E-state index contributed by atoms with van der Waals surface area (Å²) in [5.74, 6) is 2.02. The number of aliphatic hydroxyl groups is 1. The van der Waals surface area contributed by atoms with E-state index in [9.17, 15) is 24.3 Å². The number of piperidine rings is 1. The van der Waals surface area contributed by atoms with Gasteiger partial charge in [0.25, 0.3) is 5.91 Å². The van der Waals surface area contributed by atoms with Crippen LogP contribution in [0.25, 0.3) is 11.4 Å². The quantitative estimate of drug-likeness (QED) is 0.119. The summed E-state index contributed by atoms with van der Waals surface area (Å²) in [7, 11) is 1.55. The van der Waals surface area contributed by atoms with Gasteiger partial charge in [0.05, 0.1) is 42.5 Å². The number of nitrogens with zero attached hydrogens (tertiary/aromatic N) is 4. The van der Waals surface area contributed by atoms with Crippen molar-refractivity contribution >= 4 is 35.0 Å². The number of hydrogen-bond donors (Lipinski definition) is 5. The van der Waals surface area contributed by atoms with E-state index in [1.54, 1.807) is 55.8 Å². The fourth-order valence-corrected chi connectivity index (χ4v) is 8.55. The molecule has 4 atom stereocenters. The maximum absolute atomic E-state index is 14.3. The lowest BCUT2D eigenvalue weighted by Crippen LogP contribution is -2.59. The fourth-order valence-electron chi connectivity index (χ4n) is 8.55. The molecule has 63 heavy (non-hydrogen) atoms. The van der Waals surface area contributed by atoms with Gasteiger partial charge >= 0.3 is 0 Å². The number of pyridine rings is 1. The van der Waals surface area contributed by atoms with Crippen LogP contribution in [0, 0.1) is 17.8 Å². The Morgan fingerprint density at radius 1 is 1.05 bits per heavy atom. The number of benzene rings is 2. The molecule has 2 aromatic carbocycles. The molecule has 5 heterocycles. The highest BCUT2D eigenvalue weighted by atomic mass is 16.5. The maximum atomic E-state index is 14.3. The van der Waals surface area contributed by atoms with E-state index >= 15 is 0 Å². The SMILES string of the molecule is C#Cc1ccc(CNC(=O)[C@@H]2C[C@@H](O)CN2C(=O)[C@@H](NC(=O)[C@@H]2CCC3(CCN(c4ccc(NC(=O)c5cccc(-c6ccn[nH]6)n5)c(OC)c4)CC3)O2)C(C)(C)C)c(OCC)c1. The second-order valence-corrected chi connectivity index (χ2v) is 17.4. The van der Waals surface area contributed by atoms with Gasteiger partial charge in [-0.15, -0.1) is 6.42 Å². The van der Waals surface area contributed by atoms with Crippen LogP contribution in [-0.4, -0.2) is 112 Å². The van der Waals surface area contributed by atoms with E-state index in [0.29, 0.717) is 79.5 Å². The fraction of sp³-hybridized carbons (Fsp3) is 0.447. The number of likely N-dealkylation sites (tertiary alicyclic amines) is 1. The third kappa shape index (κ3) is 10.1. The molecule has 7 rings (SSSR count). The molecule has 3 aliphatic rings. The molecule has 1 spiro atoms. The minimum Gasteiger partial charge on any atom is -0.494 e. The molecule has 0 bridgehead atoms. The van der Waals surface area contributed by atoms with Crippen LogP contribution >= 0.6 is 0 Å². The number of hydrogen-bond acceptors (Lipinski definition) is 11. The third-order valence-electron chi connectivity index (χ3n) is 12.0. The van der Waals surface area contributed by atoms with Gasteiger partial charge in [-0.25, -0.2) is 4.98 Å². The molecule has 3 aliphatic heterocycles. The summed E-state index contributed by atoms with van der Waals surface area (Å²) in [6, 6.07) is 16.0. The van der Waals surface area contributed by atoms with Crippen LogP contribution in [-0.2, 0) is 25.7 Å². The van der Waals surface area contributed by atoms with Crippen LogP contribution < -0.4 is 30.3 Å². The molecule has 0 saturated carbocycles. The number of carbonyl (C=O) groups excluding carboxylic acids is 4. The summed E-state index contributed by atoms with van der Waals surface area (Å²) in [6.45, 7) is 9.26. The van der Waals surface area contributed by atoms with Crippen LogP contribution in [0.2, 0.25) is 0 Å². The topological polar surface area (TPSA) is 200 Å². The second-order valence-electron chi connectivity index (χ2n) is 17.4. The van der Waals surface area contributed by atoms with Crippen molar-refractivity contribution in [2.24, 2.45) is 5.41 Å². The molecule has 16 heteroatoms. The molecule has 2 aromatic heterocycles. The Morgan fingerprint density at radius 3 is 2.54 bits per heavy atom. The van der Waals surface area contributed by atoms with E-state index < -0.39 is 47.1 Å². The van der Waals surface area contributed by atoms with E-state index in [0.717, 1.165) is 11.3 Å². The number of aromatic nitrogens is 3. The van der Waals surface area contributed by atoms with Gasteiger partial charge in [-0.3, -0.25) is 24.3 Å². The Balaban J connectivity index is 0.942. The van der Waals surface area contributed by atoms with Crippen molar-refractivity contribution in [1.29, 1.82) is 0 Å².